The molecular formula is C21H18F3N5O4. The fourth-order valence-electron chi connectivity index (χ4n) is 3.51. The number of primary amides is 1. The third-order valence-corrected chi connectivity index (χ3v) is 5.17. The van der Waals surface area contributed by atoms with Crippen LogP contribution in [0.1, 0.15) is 16.8 Å². The third kappa shape index (κ3) is 4.80. The molecule has 2 aromatic carbocycles. The van der Waals surface area contributed by atoms with Gasteiger partial charge in [-0.3, -0.25) is 9.59 Å². The monoisotopic (exact) mass is 461 g/mol. The Morgan fingerprint density at radius 2 is 1.85 bits per heavy atom. The number of benzene rings is 2. The summed E-state index contributed by atoms with van der Waals surface area (Å²) in [6.07, 6.45) is -3.11. The number of nitrogens with two attached hydrogens (primary N) is 1. The minimum atomic E-state index is -5.09. The van der Waals surface area contributed by atoms with Crippen LogP contribution >= 0.6 is 0 Å². The Kier molecular flexibility index (Phi) is 5.77. The van der Waals surface area contributed by atoms with E-state index in [1.807, 2.05) is 0 Å². The zero-order valence-electron chi connectivity index (χ0n) is 17.0. The van der Waals surface area contributed by atoms with Crippen LogP contribution in [0.3, 0.4) is 0 Å². The van der Waals surface area contributed by atoms with Crippen LogP contribution in [0.25, 0.3) is 16.6 Å². The molecule has 2 amide bonds. The van der Waals surface area contributed by atoms with E-state index in [9.17, 15) is 27.6 Å². The van der Waals surface area contributed by atoms with Crippen molar-refractivity contribution in [2.75, 3.05) is 18.4 Å². The SMILES string of the molecule is NC(=O)c1cccc2cn(-c3ccc(NC(=O)C4CCN(OC(=O)C(F)(F)F)C4)cc3)nc12. The quantitative estimate of drug-likeness (QED) is 0.602. The molecule has 33 heavy (non-hydrogen) atoms. The number of halogens is 3. The summed E-state index contributed by atoms with van der Waals surface area (Å²) in [5.74, 6) is -3.92. The summed E-state index contributed by atoms with van der Waals surface area (Å²) in [5.41, 5.74) is 7.32. The predicted octanol–water partition coefficient (Wildman–Crippen LogP) is 2.41. The first-order valence-corrected chi connectivity index (χ1v) is 9.85. The molecule has 0 radical (unpaired) electrons. The number of nitrogens with zero attached hydrogens (tertiary/aromatic N) is 3. The average molecular weight is 461 g/mol. The van der Waals surface area contributed by atoms with Gasteiger partial charge < -0.3 is 15.9 Å². The van der Waals surface area contributed by atoms with Gasteiger partial charge in [0.15, 0.2) is 0 Å². The molecule has 1 atom stereocenters. The van der Waals surface area contributed by atoms with Crippen LogP contribution in [-0.2, 0) is 14.4 Å². The van der Waals surface area contributed by atoms with Gasteiger partial charge in [-0.05, 0) is 36.8 Å². The summed E-state index contributed by atoms with van der Waals surface area (Å²) in [7, 11) is 0. The van der Waals surface area contributed by atoms with E-state index < -0.39 is 29.9 Å². The van der Waals surface area contributed by atoms with E-state index in [1.54, 1.807) is 53.3 Å². The number of carbonyl (C=O) groups excluding carboxylic acids is 3. The van der Waals surface area contributed by atoms with Crippen molar-refractivity contribution in [1.29, 1.82) is 0 Å². The zero-order valence-corrected chi connectivity index (χ0v) is 17.0. The van der Waals surface area contributed by atoms with Crippen molar-refractivity contribution in [2.24, 2.45) is 11.7 Å². The summed E-state index contributed by atoms with van der Waals surface area (Å²) < 4.78 is 38.5. The number of carbonyl (C=O) groups is 3. The maximum absolute atomic E-state index is 12.5. The van der Waals surface area contributed by atoms with Gasteiger partial charge in [0.05, 0.1) is 17.2 Å². The highest BCUT2D eigenvalue weighted by Gasteiger charge is 2.44. The predicted molar refractivity (Wildman–Crippen MR) is 110 cm³/mol. The molecule has 1 saturated heterocycles. The Bertz CT molecular complexity index is 1220. The van der Waals surface area contributed by atoms with Crippen molar-refractivity contribution in [1.82, 2.24) is 14.8 Å². The standard InChI is InChI=1S/C21H18F3N5O4/c22-21(23,24)20(32)33-28-9-8-13(10-28)19(31)26-14-4-6-15(7-5-14)29-11-12-2-1-3-16(18(25)30)17(12)27-29/h1-7,11,13H,8-10H2,(H2,25,30)(H,26,31). The Morgan fingerprint density at radius 1 is 1.12 bits per heavy atom. The smallest absolute Gasteiger partial charge is 0.366 e. The molecule has 12 heteroatoms. The van der Waals surface area contributed by atoms with Crippen LogP contribution in [0.5, 0.6) is 0 Å². The van der Waals surface area contributed by atoms with Crippen molar-refractivity contribution in [2.45, 2.75) is 12.6 Å². The summed E-state index contributed by atoms with van der Waals surface area (Å²) in [5, 5.41) is 8.68. The molecule has 0 aliphatic carbocycles. The number of alkyl halides is 3. The van der Waals surface area contributed by atoms with Crippen LogP contribution in [0.15, 0.2) is 48.7 Å². The van der Waals surface area contributed by atoms with Crippen LogP contribution < -0.4 is 11.1 Å². The van der Waals surface area contributed by atoms with E-state index in [0.717, 1.165) is 10.4 Å². The van der Waals surface area contributed by atoms with Crippen molar-refractivity contribution in [3.8, 4) is 5.69 Å². The van der Waals surface area contributed by atoms with Crippen LogP contribution in [-0.4, -0.2) is 51.9 Å². The average Bonchev–Trinajstić information content (AvgIpc) is 3.40. The fraction of sp³-hybridized carbons (Fsp3) is 0.238. The van der Waals surface area contributed by atoms with E-state index in [1.165, 1.54) is 0 Å². The van der Waals surface area contributed by atoms with Gasteiger partial charge in [-0.15, -0.1) is 5.06 Å². The number of hydroxylamine groups is 2. The van der Waals surface area contributed by atoms with Gasteiger partial charge in [-0.2, -0.15) is 18.3 Å². The Balaban J connectivity index is 1.40. The lowest BCUT2D eigenvalue weighted by atomic mass is 10.1. The maximum Gasteiger partial charge on any atom is 0.492 e. The summed E-state index contributed by atoms with van der Waals surface area (Å²) in [6.45, 7) is -0.104. The fourth-order valence-corrected chi connectivity index (χ4v) is 3.51. The zero-order chi connectivity index (χ0) is 23.8. The molecule has 1 aliphatic heterocycles. The van der Waals surface area contributed by atoms with E-state index in [4.69, 9.17) is 5.73 Å². The molecule has 2 heterocycles. The van der Waals surface area contributed by atoms with Crippen molar-refractivity contribution >= 4 is 34.4 Å². The van der Waals surface area contributed by atoms with E-state index >= 15 is 0 Å². The number of hydrogen-bond acceptors (Lipinski definition) is 6. The van der Waals surface area contributed by atoms with Crippen molar-refractivity contribution in [3.05, 3.63) is 54.2 Å². The lowest BCUT2D eigenvalue weighted by molar-refractivity contribution is -0.235. The van der Waals surface area contributed by atoms with Gasteiger partial charge in [-0.25, -0.2) is 9.48 Å². The van der Waals surface area contributed by atoms with Gasteiger partial charge in [0, 0.05) is 30.4 Å². The van der Waals surface area contributed by atoms with Gasteiger partial charge in [0.1, 0.15) is 5.52 Å². The molecule has 172 valence electrons. The number of fused-ring (bicyclic) bond motifs is 1. The normalized spacial score (nSPS) is 16.6. The van der Waals surface area contributed by atoms with Crippen LogP contribution in [0.2, 0.25) is 0 Å². The number of hydrogen-bond donors (Lipinski definition) is 2. The highest BCUT2D eigenvalue weighted by atomic mass is 19.4. The second-order valence-corrected chi connectivity index (χ2v) is 7.47. The third-order valence-electron chi connectivity index (χ3n) is 5.17. The van der Waals surface area contributed by atoms with Gasteiger partial charge in [0.2, 0.25) is 5.91 Å². The van der Waals surface area contributed by atoms with E-state index in [0.29, 0.717) is 22.5 Å². The molecule has 9 nitrogen and oxygen atoms in total. The molecule has 1 aliphatic rings. The molecule has 0 spiro atoms. The van der Waals surface area contributed by atoms with Crippen LogP contribution in [0, 0.1) is 5.92 Å². The molecule has 1 fully saturated rings. The Hall–Kier alpha value is -3.93. The molecule has 3 aromatic rings. The van der Waals surface area contributed by atoms with Crippen molar-refractivity contribution in [3.63, 3.8) is 0 Å². The minimum absolute atomic E-state index is 0.0268. The lowest BCUT2D eigenvalue weighted by Gasteiger charge is -2.16. The number of amides is 2. The van der Waals surface area contributed by atoms with Crippen molar-refractivity contribution < 1.29 is 32.4 Å². The number of nitrogens with one attached hydrogen (secondary N) is 1. The summed E-state index contributed by atoms with van der Waals surface area (Å²) >= 11 is 0. The largest absolute Gasteiger partial charge is 0.492 e. The second-order valence-electron chi connectivity index (χ2n) is 7.47. The topological polar surface area (TPSA) is 120 Å². The molecule has 1 aromatic heterocycles. The second kappa shape index (κ2) is 8.54. The highest BCUT2D eigenvalue weighted by Crippen LogP contribution is 2.24. The van der Waals surface area contributed by atoms with Gasteiger partial charge in [-0.1, -0.05) is 12.1 Å². The number of anilines is 1. The maximum atomic E-state index is 12.5. The molecule has 4 rings (SSSR count). The summed E-state index contributed by atoms with van der Waals surface area (Å²) in [6, 6.07) is 11.8. The van der Waals surface area contributed by atoms with Gasteiger partial charge in [0.25, 0.3) is 5.91 Å². The van der Waals surface area contributed by atoms with E-state index in [2.05, 4.69) is 15.3 Å². The molecule has 3 N–H and O–H groups in total. The number of rotatable bonds is 5. The first-order valence-electron chi connectivity index (χ1n) is 9.85. The molecular weight excluding hydrogens is 443 g/mol. The Labute approximate surface area is 184 Å². The van der Waals surface area contributed by atoms with E-state index in [-0.39, 0.29) is 19.5 Å². The lowest BCUT2D eigenvalue weighted by Crippen LogP contribution is -2.34. The van der Waals surface area contributed by atoms with Crippen LogP contribution in [0.4, 0.5) is 18.9 Å². The number of aromatic nitrogens is 2. The highest BCUT2D eigenvalue weighted by molar-refractivity contribution is 6.04. The summed E-state index contributed by atoms with van der Waals surface area (Å²) in [4.78, 5) is 39.2. The Morgan fingerprint density at radius 3 is 2.52 bits per heavy atom. The first-order chi connectivity index (χ1) is 15.6. The van der Waals surface area contributed by atoms with Gasteiger partial charge >= 0.3 is 12.1 Å². The first kappa shape index (κ1) is 22.3. The molecule has 0 bridgehead atoms. The molecule has 1 unspecified atom stereocenters. The minimum Gasteiger partial charge on any atom is -0.366 e. The molecule has 0 saturated carbocycles.